The standard InChI is InChI=1S/C22H25ClN4/c1-2-13-27-14-9-18(10-15-27)22-20(16-7-11-24-12-8-16)21(25-26-22)17-3-5-19(23)6-4-17/h3-8,11-12,18H,2,9-10,13-15H2,1H3,(H,25,26). The largest absolute Gasteiger partial charge is 0.303 e. The van der Waals surface area contributed by atoms with Crippen LogP contribution in [0.15, 0.2) is 48.8 Å². The minimum absolute atomic E-state index is 0.509. The summed E-state index contributed by atoms with van der Waals surface area (Å²) in [5.74, 6) is 0.509. The minimum Gasteiger partial charge on any atom is -0.303 e. The van der Waals surface area contributed by atoms with Crippen LogP contribution in [0, 0.1) is 0 Å². The number of pyridine rings is 1. The number of aromatic amines is 1. The summed E-state index contributed by atoms with van der Waals surface area (Å²) in [6, 6.07) is 12.1. The van der Waals surface area contributed by atoms with Gasteiger partial charge in [-0.3, -0.25) is 10.1 Å². The molecule has 4 nitrogen and oxygen atoms in total. The smallest absolute Gasteiger partial charge is 0.100 e. The van der Waals surface area contributed by atoms with Crippen LogP contribution in [0.1, 0.15) is 37.8 Å². The highest BCUT2D eigenvalue weighted by molar-refractivity contribution is 6.30. The number of hydrogen-bond donors (Lipinski definition) is 1. The van der Waals surface area contributed by atoms with Crippen LogP contribution in [-0.4, -0.2) is 39.7 Å². The zero-order valence-electron chi connectivity index (χ0n) is 15.7. The van der Waals surface area contributed by atoms with Gasteiger partial charge in [0.1, 0.15) is 5.69 Å². The van der Waals surface area contributed by atoms with Crippen molar-refractivity contribution in [3.8, 4) is 22.4 Å². The topological polar surface area (TPSA) is 44.8 Å². The molecular formula is C22H25ClN4. The van der Waals surface area contributed by atoms with Gasteiger partial charge in [0.05, 0.1) is 0 Å². The minimum atomic E-state index is 0.509. The highest BCUT2D eigenvalue weighted by Gasteiger charge is 2.26. The van der Waals surface area contributed by atoms with Crippen molar-refractivity contribution in [3.05, 3.63) is 59.5 Å². The third-order valence-corrected chi connectivity index (χ3v) is 5.67. The van der Waals surface area contributed by atoms with Crippen LogP contribution < -0.4 is 0 Å². The van der Waals surface area contributed by atoms with E-state index in [4.69, 9.17) is 16.7 Å². The second-order valence-corrected chi connectivity index (χ2v) is 7.66. The molecular weight excluding hydrogens is 356 g/mol. The SMILES string of the molecule is CCCN1CCC(c2[nH]nc(-c3ccc(Cl)cc3)c2-c2ccncc2)CC1. The molecule has 0 atom stereocenters. The molecule has 1 saturated heterocycles. The molecule has 0 spiro atoms. The summed E-state index contributed by atoms with van der Waals surface area (Å²) in [6.45, 7) is 5.76. The summed E-state index contributed by atoms with van der Waals surface area (Å²) < 4.78 is 0. The normalized spacial score (nSPS) is 15.9. The zero-order chi connectivity index (χ0) is 18.6. The lowest BCUT2D eigenvalue weighted by Gasteiger charge is -2.31. The van der Waals surface area contributed by atoms with Gasteiger partial charge in [-0.05, 0) is 68.7 Å². The van der Waals surface area contributed by atoms with E-state index in [1.54, 1.807) is 0 Å². The van der Waals surface area contributed by atoms with Crippen molar-refractivity contribution >= 4 is 11.6 Å². The van der Waals surface area contributed by atoms with Gasteiger partial charge in [-0.25, -0.2) is 0 Å². The average molecular weight is 381 g/mol. The van der Waals surface area contributed by atoms with Crippen molar-refractivity contribution in [3.63, 3.8) is 0 Å². The molecule has 0 aliphatic carbocycles. The van der Waals surface area contributed by atoms with Gasteiger partial charge in [-0.15, -0.1) is 0 Å². The van der Waals surface area contributed by atoms with E-state index in [1.165, 1.54) is 37.1 Å². The molecule has 140 valence electrons. The monoisotopic (exact) mass is 380 g/mol. The number of nitrogens with one attached hydrogen (secondary N) is 1. The molecule has 1 aliphatic rings. The number of aromatic nitrogens is 3. The Hall–Kier alpha value is -2.17. The van der Waals surface area contributed by atoms with Crippen LogP contribution in [0.5, 0.6) is 0 Å². The molecule has 1 fully saturated rings. The Balaban J connectivity index is 1.71. The molecule has 4 rings (SSSR count). The second kappa shape index (κ2) is 8.24. The quantitative estimate of drug-likeness (QED) is 0.646. The van der Waals surface area contributed by atoms with Gasteiger partial charge in [-0.1, -0.05) is 30.7 Å². The number of rotatable bonds is 5. The van der Waals surface area contributed by atoms with Crippen molar-refractivity contribution in [2.75, 3.05) is 19.6 Å². The number of benzene rings is 1. The number of halogens is 1. The Bertz CT molecular complexity index is 865. The highest BCUT2D eigenvalue weighted by Crippen LogP contribution is 2.39. The van der Waals surface area contributed by atoms with Gasteiger partial charge in [0.2, 0.25) is 0 Å². The predicted molar refractivity (Wildman–Crippen MR) is 111 cm³/mol. The summed E-state index contributed by atoms with van der Waals surface area (Å²) in [6.07, 6.45) is 7.25. The van der Waals surface area contributed by atoms with E-state index in [0.29, 0.717) is 5.92 Å². The zero-order valence-corrected chi connectivity index (χ0v) is 16.4. The fourth-order valence-corrected chi connectivity index (χ4v) is 4.17. The summed E-state index contributed by atoms with van der Waals surface area (Å²) >= 11 is 6.08. The molecule has 1 N–H and O–H groups in total. The van der Waals surface area contributed by atoms with Crippen molar-refractivity contribution in [1.29, 1.82) is 0 Å². The van der Waals surface area contributed by atoms with Crippen LogP contribution in [0.4, 0.5) is 0 Å². The Morgan fingerprint density at radius 3 is 2.41 bits per heavy atom. The van der Waals surface area contributed by atoms with Gasteiger partial charge in [-0.2, -0.15) is 5.10 Å². The molecule has 0 radical (unpaired) electrons. The van der Waals surface area contributed by atoms with Gasteiger partial charge in [0.15, 0.2) is 0 Å². The Morgan fingerprint density at radius 1 is 1.04 bits per heavy atom. The molecule has 1 aliphatic heterocycles. The van der Waals surface area contributed by atoms with E-state index in [1.807, 2.05) is 36.7 Å². The number of H-pyrrole nitrogens is 1. The maximum atomic E-state index is 6.08. The second-order valence-electron chi connectivity index (χ2n) is 7.22. The van der Waals surface area contributed by atoms with Crippen LogP contribution in [0.3, 0.4) is 0 Å². The van der Waals surface area contributed by atoms with E-state index in [0.717, 1.165) is 34.9 Å². The molecule has 5 heteroatoms. The first-order valence-electron chi connectivity index (χ1n) is 9.73. The van der Waals surface area contributed by atoms with Crippen molar-refractivity contribution in [2.45, 2.75) is 32.1 Å². The molecule has 0 unspecified atom stereocenters. The number of piperidine rings is 1. The lowest BCUT2D eigenvalue weighted by molar-refractivity contribution is 0.211. The Labute approximate surface area is 165 Å². The van der Waals surface area contributed by atoms with Gasteiger partial charge < -0.3 is 4.90 Å². The van der Waals surface area contributed by atoms with E-state index >= 15 is 0 Å². The molecule has 0 saturated carbocycles. The average Bonchev–Trinajstić information content (AvgIpc) is 3.15. The number of likely N-dealkylation sites (tertiary alicyclic amines) is 1. The van der Waals surface area contributed by atoms with Crippen LogP contribution in [0.25, 0.3) is 22.4 Å². The molecule has 2 aromatic heterocycles. The predicted octanol–water partition coefficient (Wildman–Crippen LogP) is 5.38. The fourth-order valence-electron chi connectivity index (χ4n) is 4.04. The van der Waals surface area contributed by atoms with Crippen LogP contribution in [-0.2, 0) is 0 Å². The summed E-state index contributed by atoms with van der Waals surface area (Å²) in [5.41, 5.74) is 5.69. The van der Waals surface area contributed by atoms with Crippen molar-refractivity contribution in [1.82, 2.24) is 20.1 Å². The van der Waals surface area contributed by atoms with Gasteiger partial charge >= 0.3 is 0 Å². The van der Waals surface area contributed by atoms with Crippen molar-refractivity contribution in [2.24, 2.45) is 0 Å². The third-order valence-electron chi connectivity index (χ3n) is 5.42. The van der Waals surface area contributed by atoms with E-state index in [2.05, 4.69) is 34.0 Å². The first kappa shape index (κ1) is 18.2. The maximum Gasteiger partial charge on any atom is 0.100 e. The van der Waals surface area contributed by atoms with Gasteiger partial charge in [0.25, 0.3) is 0 Å². The molecule has 0 bridgehead atoms. The summed E-state index contributed by atoms with van der Waals surface area (Å²) in [7, 11) is 0. The summed E-state index contributed by atoms with van der Waals surface area (Å²) in [5, 5.41) is 8.84. The Kier molecular flexibility index (Phi) is 5.55. The lowest BCUT2D eigenvalue weighted by atomic mass is 9.87. The molecule has 27 heavy (non-hydrogen) atoms. The van der Waals surface area contributed by atoms with E-state index < -0.39 is 0 Å². The molecule has 0 amide bonds. The number of hydrogen-bond acceptors (Lipinski definition) is 3. The van der Waals surface area contributed by atoms with Crippen LogP contribution in [0.2, 0.25) is 5.02 Å². The highest BCUT2D eigenvalue weighted by atomic mass is 35.5. The lowest BCUT2D eigenvalue weighted by Crippen LogP contribution is -2.33. The van der Waals surface area contributed by atoms with Crippen molar-refractivity contribution < 1.29 is 0 Å². The first-order valence-corrected chi connectivity index (χ1v) is 10.1. The first-order chi connectivity index (χ1) is 13.3. The van der Waals surface area contributed by atoms with E-state index in [9.17, 15) is 0 Å². The molecule has 3 aromatic rings. The van der Waals surface area contributed by atoms with E-state index in [-0.39, 0.29) is 0 Å². The maximum absolute atomic E-state index is 6.08. The van der Waals surface area contributed by atoms with Gasteiger partial charge in [0, 0.05) is 40.2 Å². The molecule has 3 heterocycles. The number of nitrogens with zero attached hydrogens (tertiary/aromatic N) is 3. The molecule has 1 aromatic carbocycles. The Morgan fingerprint density at radius 2 is 1.74 bits per heavy atom. The van der Waals surface area contributed by atoms with Crippen LogP contribution >= 0.6 is 11.6 Å². The summed E-state index contributed by atoms with van der Waals surface area (Å²) in [4.78, 5) is 6.76. The third kappa shape index (κ3) is 3.92. The fraction of sp³-hybridized carbons (Fsp3) is 0.364.